The first-order valence-corrected chi connectivity index (χ1v) is 25.9. The Hall–Kier alpha value is -6.26. The van der Waals surface area contributed by atoms with Crippen molar-refractivity contribution < 1.29 is 47.6 Å². The summed E-state index contributed by atoms with van der Waals surface area (Å²) >= 11 is 0. The summed E-state index contributed by atoms with van der Waals surface area (Å²) in [6, 6.07) is 33.3. The molecule has 0 heterocycles. The van der Waals surface area contributed by atoms with Gasteiger partial charge >= 0.3 is 23.9 Å². The molecule has 0 radical (unpaired) electrons. The summed E-state index contributed by atoms with van der Waals surface area (Å²) in [5, 5.41) is 0. The van der Waals surface area contributed by atoms with Gasteiger partial charge < -0.3 is 28.4 Å². The molecular weight excluding hydrogens is 881 g/mol. The van der Waals surface area contributed by atoms with Crippen LogP contribution >= 0.6 is 0 Å². The molecule has 0 spiro atoms. The molecule has 0 amide bonds. The van der Waals surface area contributed by atoms with E-state index >= 15 is 0 Å². The van der Waals surface area contributed by atoms with E-state index in [0.717, 1.165) is 36.8 Å². The molecule has 0 saturated carbocycles. The fourth-order valence-electron chi connectivity index (χ4n) is 7.85. The van der Waals surface area contributed by atoms with E-state index in [0.29, 0.717) is 53.1 Å². The van der Waals surface area contributed by atoms with Crippen LogP contribution in [0.1, 0.15) is 180 Å². The highest BCUT2D eigenvalue weighted by Gasteiger charge is 2.17. The van der Waals surface area contributed by atoms with Gasteiger partial charge in [0.1, 0.15) is 28.7 Å². The van der Waals surface area contributed by atoms with Gasteiger partial charge in [0.15, 0.2) is 6.10 Å². The standard InChI is InChI=1S/C60H74O10/c1-4-6-8-10-12-14-16-18-20-22-43-65-46(3)57(61)67-54-39-41-55(42-40-54)69-58(62)48-29-27-47(28-30-48)51-25-24-26-56(45-51)70-60(64)50-33-37-53(38-34-50)68-59(63)49-31-35-52(36-32-49)66-44-23-21-19-17-15-13-11-9-7-5-2/h24-42,45-46H,4-23,43-44H2,1-3H3/t46-/m0/s1. The van der Waals surface area contributed by atoms with Crippen molar-refractivity contribution in [2.45, 2.75) is 155 Å². The molecular formula is C60H74O10. The van der Waals surface area contributed by atoms with Crippen molar-refractivity contribution in [3.8, 4) is 39.9 Å². The number of carbonyl (C=O) groups is 4. The Morgan fingerprint density at radius 3 is 1.21 bits per heavy atom. The van der Waals surface area contributed by atoms with Gasteiger partial charge in [-0.25, -0.2) is 19.2 Å². The molecule has 5 aromatic rings. The smallest absolute Gasteiger partial charge is 0.343 e. The van der Waals surface area contributed by atoms with Crippen molar-refractivity contribution in [2.24, 2.45) is 0 Å². The Balaban J connectivity index is 0.984. The van der Waals surface area contributed by atoms with E-state index in [2.05, 4.69) is 13.8 Å². The Kier molecular flexibility index (Phi) is 24.8. The first kappa shape index (κ1) is 54.7. The van der Waals surface area contributed by atoms with E-state index in [1.54, 1.807) is 110 Å². The summed E-state index contributed by atoms with van der Waals surface area (Å²) in [7, 11) is 0. The molecule has 10 heteroatoms. The molecule has 70 heavy (non-hydrogen) atoms. The van der Waals surface area contributed by atoms with Gasteiger partial charge in [0.25, 0.3) is 0 Å². The third-order valence-electron chi connectivity index (χ3n) is 12.1. The van der Waals surface area contributed by atoms with E-state index in [1.165, 1.54) is 115 Å². The van der Waals surface area contributed by atoms with Crippen molar-refractivity contribution in [2.75, 3.05) is 13.2 Å². The summed E-state index contributed by atoms with van der Waals surface area (Å²) in [4.78, 5) is 51.5. The van der Waals surface area contributed by atoms with Crippen LogP contribution in [0.3, 0.4) is 0 Å². The van der Waals surface area contributed by atoms with E-state index < -0.39 is 30.0 Å². The molecule has 374 valence electrons. The summed E-state index contributed by atoms with van der Waals surface area (Å²) in [6.07, 6.45) is 24.3. The Bertz CT molecular complexity index is 2280. The van der Waals surface area contributed by atoms with Crippen molar-refractivity contribution in [3.63, 3.8) is 0 Å². The minimum absolute atomic E-state index is 0.279. The molecule has 5 rings (SSSR count). The lowest BCUT2D eigenvalue weighted by atomic mass is 10.0. The highest BCUT2D eigenvalue weighted by Crippen LogP contribution is 2.27. The summed E-state index contributed by atoms with van der Waals surface area (Å²) < 4.78 is 33.9. The first-order chi connectivity index (χ1) is 34.2. The van der Waals surface area contributed by atoms with Crippen molar-refractivity contribution in [1.29, 1.82) is 0 Å². The largest absolute Gasteiger partial charge is 0.494 e. The predicted octanol–water partition coefficient (Wildman–Crippen LogP) is 15.5. The Morgan fingerprint density at radius 2 is 0.743 bits per heavy atom. The topological polar surface area (TPSA) is 124 Å². The minimum Gasteiger partial charge on any atom is -0.494 e. The van der Waals surface area contributed by atoms with Gasteiger partial charge in [-0.1, -0.05) is 154 Å². The Labute approximate surface area is 416 Å². The van der Waals surface area contributed by atoms with Crippen LogP contribution in [-0.4, -0.2) is 43.2 Å². The molecule has 0 aliphatic heterocycles. The number of unbranched alkanes of at least 4 members (excludes halogenated alkanes) is 18. The monoisotopic (exact) mass is 955 g/mol. The molecule has 10 nitrogen and oxygen atoms in total. The van der Waals surface area contributed by atoms with E-state index in [4.69, 9.17) is 28.4 Å². The normalized spacial score (nSPS) is 11.4. The number of benzene rings is 5. The summed E-state index contributed by atoms with van der Waals surface area (Å²) in [6.45, 7) is 7.33. The van der Waals surface area contributed by atoms with Gasteiger partial charge in [-0.05, 0) is 128 Å². The van der Waals surface area contributed by atoms with Crippen LogP contribution in [0.25, 0.3) is 11.1 Å². The lowest BCUT2D eigenvalue weighted by molar-refractivity contribution is -0.146. The van der Waals surface area contributed by atoms with Crippen LogP contribution in [0.2, 0.25) is 0 Å². The number of hydrogen-bond donors (Lipinski definition) is 0. The van der Waals surface area contributed by atoms with Gasteiger partial charge in [-0.2, -0.15) is 0 Å². The molecule has 0 N–H and O–H groups in total. The summed E-state index contributed by atoms with van der Waals surface area (Å²) in [5.74, 6) is -0.175. The van der Waals surface area contributed by atoms with Crippen molar-refractivity contribution in [1.82, 2.24) is 0 Å². The zero-order valence-corrected chi connectivity index (χ0v) is 41.8. The number of esters is 4. The summed E-state index contributed by atoms with van der Waals surface area (Å²) in [5.41, 5.74) is 2.56. The van der Waals surface area contributed by atoms with Crippen molar-refractivity contribution in [3.05, 3.63) is 138 Å². The van der Waals surface area contributed by atoms with Gasteiger partial charge in [0.05, 0.1) is 23.3 Å². The number of carbonyl (C=O) groups excluding carboxylic acids is 4. The van der Waals surface area contributed by atoms with Crippen LogP contribution in [0, 0.1) is 0 Å². The maximum atomic E-state index is 13.1. The molecule has 0 aliphatic rings. The Morgan fingerprint density at radius 1 is 0.371 bits per heavy atom. The first-order valence-electron chi connectivity index (χ1n) is 25.9. The van der Waals surface area contributed by atoms with Crippen LogP contribution in [0.5, 0.6) is 28.7 Å². The zero-order chi connectivity index (χ0) is 49.6. The maximum Gasteiger partial charge on any atom is 0.343 e. The zero-order valence-electron chi connectivity index (χ0n) is 41.8. The van der Waals surface area contributed by atoms with Crippen LogP contribution in [-0.2, 0) is 9.53 Å². The molecule has 0 unspecified atom stereocenters. The van der Waals surface area contributed by atoms with Crippen molar-refractivity contribution >= 4 is 23.9 Å². The molecule has 0 saturated heterocycles. The lowest BCUT2D eigenvalue weighted by Gasteiger charge is -2.13. The third kappa shape index (κ3) is 20.4. The molecule has 0 aliphatic carbocycles. The van der Waals surface area contributed by atoms with Gasteiger partial charge in [0.2, 0.25) is 0 Å². The number of rotatable bonds is 33. The highest BCUT2D eigenvalue weighted by atomic mass is 16.6. The average Bonchev–Trinajstić information content (AvgIpc) is 3.38. The molecule has 0 aromatic heterocycles. The van der Waals surface area contributed by atoms with E-state index in [9.17, 15) is 19.2 Å². The predicted molar refractivity (Wildman–Crippen MR) is 276 cm³/mol. The molecule has 1 atom stereocenters. The quantitative estimate of drug-likeness (QED) is 0.0228. The highest BCUT2D eigenvalue weighted by molar-refractivity contribution is 5.93. The fourth-order valence-corrected chi connectivity index (χ4v) is 7.85. The lowest BCUT2D eigenvalue weighted by Crippen LogP contribution is -2.26. The molecule has 0 bridgehead atoms. The second kappa shape index (κ2) is 31.8. The second-order valence-corrected chi connectivity index (χ2v) is 17.9. The third-order valence-corrected chi connectivity index (χ3v) is 12.1. The maximum absolute atomic E-state index is 13.1. The van der Waals surface area contributed by atoms with E-state index in [1.807, 2.05) is 6.07 Å². The fraction of sp³-hybridized carbons (Fsp3) is 0.433. The van der Waals surface area contributed by atoms with Gasteiger partial charge in [-0.15, -0.1) is 0 Å². The average molecular weight is 955 g/mol. The molecule has 0 fully saturated rings. The van der Waals surface area contributed by atoms with E-state index in [-0.39, 0.29) is 5.56 Å². The number of hydrogen-bond acceptors (Lipinski definition) is 10. The van der Waals surface area contributed by atoms with Gasteiger partial charge in [0, 0.05) is 6.61 Å². The minimum atomic E-state index is -0.693. The second-order valence-electron chi connectivity index (χ2n) is 17.9. The van der Waals surface area contributed by atoms with Crippen LogP contribution in [0.15, 0.2) is 121 Å². The van der Waals surface area contributed by atoms with Gasteiger partial charge in [-0.3, -0.25) is 0 Å². The number of ether oxygens (including phenoxy) is 6. The SMILES string of the molecule is CCCCCCCCCCCCOc1ccc(C(=O)Oc2ccc(C(=O)Oc3cccc(-c4ccc(C(=O)Oc5ccc(OC(=O)[C@H](C)OCCCCCCCCCCCC)cc5)cc4)c3)cc2)cc1. The van der Waals surface area contributed by atoms with Crippen LogP contribution < -0.4 is 23.7 Å². The van der Waals surface area contributed by atoms with Crippen LogP contribution in [0.4, 0.5) is 0 Å². The molecule has 5 aromatic carbocycles.